The quantitative estimate of drug-likeness (QED) is 0.782. The first-order valence-electron chi connectivity index (χ1n) is 6.87. The molecule has 0 spiro atoms. The maximum Gasteiger partial charge on any atom is 0.257 e. The predicted molar refractivity (Wildman–Crippen MR) is 81.9 cm³/mol. The fourth-order valence-corrected chi connectivity index (χ4v) is 3.04. The molecule has 0 radical (unpaired) electrons. The van der Waals surface area contributed by atoms with Crippen LogP contribution in [-0.4, -0.2) is 22.8 Å². The lowest BCUT2D eigenvalue weighted by Gasteiger charge is -2.04. The van der Waals surface area contributed by atoms with Crippen LogP contribution in [0.15, 0.2) is 28.7 Å². The van der Waals surface area contributed by atoms with Crippen LogP contribution in [0.3, 0.4) is 0 Å². The van der Waals surface area contributed by atoms with E-state index in [1.165, 1.54) is 23.5 Å². The Bertz CT molecular complexity index is 750. The third-order valence-corrected chi connectivity index (χ3v) is 4.14. The van der Waals surface area contributed by atoms with E-state index in [1.54, 1.807) is 6.07 Å². The summed E-state index contributed by atoms with van der Waals surface area (Å²) in [5.41, 5.74) is 0. The zero-order valence-corrected chi connectivity index (χ0v) is 12.7. The third kappa shape index (κ3) is 3.28. The molecule has 4 nitrogen and oxygen atoms in total. The van der Waals surface area contributed by atoms with E-state index in [1.807, 2.05) is 6.07 Å². The van der Waals surface area contributed by atoms with Gasteiger partial charge in [0.05, 0.1) is 4.88 Å². The molecule has 6 heteroatoms. The summed E-state index contributed by atoms with van der Waals surface area (Å²) >= 11 is 1.45. The van der Waals surface area contributed by atoms with Gasteiger partial charge >= 0.3 is 0 Å². The van der Waals surface area contributed by atoms with E-state index in [0.29, 0.717) is 24.2 Å². The average Bonchev–Trinajstić information content (AvgIpc) is 3.03. The number of halogens is 1. The number of rotatable bonds is 5. The minimum absolute atomic E-state index is 0.234. The van der Waals surface area contributed by atoms with Gasteiger partial charge in [-0.15, -0.1) is 21.5 Å². The molecule has 2 aromatic heterocycles. The molecule has 0 saturated carbocycles. The van der Waals surface area contributed by atoms with Gasteiger partial charge in [-0.25, -0.2) is 4.39 Å². The second-order valence-electron chi connectivity index (χ2n) is 5.15. The van der Waals surface area contributed by atoms with Gasteiger partial charge in [0.25, 0.3) is 5.89 Å². The number of nitrogens with zero attached hydrogens (tertiary/aromatic N) is 2. The van der Waals surface area contributed by atoms with Crippen LogP contribution in [0.2, 0.25) is 0 Å². The molecule has 0 aliphatic carbocycles. The zero-order chi connectivity index (χ0) is 14.8. The van der Waals surface area contributed by atoms with Crippen LogP contribution in [0.1, 0.15) is 19.7 Å². The smallest absolute Gasteiger partial charge is 0.257 e. The maximum absolute atomic E-state index is 13.2. The summed E-state index contributed by atoms with van der Waals surface area (Å²) in [7, 11) is 0. The molecule has 0 aliphatic heterocycles. The molecular formula is C15H16FN3OS. The van der Waals surface area contributed by atoms with E-state index in [2.05, 4.69) is 29.4 Å². The zero-order valence-electron chi connectivity index (χ0n) is 11.9. The molecule has 0 unspecified atom stereocenters. The molecule has 21 heavy (non-hydrogen) atoms. The highest BCUT2D eigenvalue weighted by molar-refractivity contribution is 7.22. The summed E-state index contributed by atoms with van der Waals surface area (Å²) < 4.78 is 19.8. The van der Waals surface area contributed by atoms with Crippen molar-refractivity contribution in [3.8, 4) is 10.8 Å². The molecule has 0 atom stereocenters. The molecule has 0 bridgehead atoms. The highest BCUT2D eigenvalue weighted by Gasteiger charge is 2.12. The van der Waals surface area contributed by atoms with Crippen molar-refractivity contribution >= 4 is 21.4 Å². The SMILES string of the molecule is CC(C)NCCc1nnc(-c2cc3ccc(F)cc3s2)o1. The van der Waals surface area contributed by atoms with Gasteiger partial charge in [0.15, 0.2) is 0 Å². The largest absolute Gasteiger partial charge is 0.420 e. The molecular weight excluding hydrogens is 289 g/mol. The highest BCUT2D eigenvalue weighted by atomic mass is 32.1. The Labute approximate surface area is 126 Å². The molecule has 0 aliphatic rings. The lowest BCUT2D eigenvalue weighted by Crippen LogP contribution is -2.25. The first kappa shape index (κ1) is 14.2. The summed E-state index contributed by atoms with van der Waals surface area (Å²) in [6.07, 6.45) is 0.699. The van der Waals surface area contributed by atoms with Crippen LogP contribution in [0, 0.1) is 5.82 Å². The molecule has 3 rings (SSSR count). The summed E-state index contributed by atoms with van der Waals surface area (Å²) in [4.78, 5) is 0.867. The fourth-order valence-electron chi connectivity index (χ4n) is 2.03. The summed E-state index contributed by atoms with van der Waals surface area (Å²) in [5, 5.41) is 12.4. The van der Waals surface area contributed by atoms with E-state index >= 15 is 0 Å². The van der Waals surface area contributed by atoms with Gasteiger partial charge in [0.2, 0.25) is 5.89 Å². The highest BCUT2D eigenvalue weighted by Crippen LogP contribution is 2.33. The van der Waals surface area contributed by atoms with E-state index in [9.17, 15) is 4.39 Å². The third-order valence-electron chi connectivity index (χ3n) is 3.05. The Hall–Kier alpha value is -1.79. The molecule has 3 aromatic rings. The van der Waals surface area contributed by atoms with Gasteiger partial charge in [0, 0.05) is 23.7 Å². The van der Waals surface area contributed by atoms with E-state index in [4.69, 9.17) is 4.42 Å². The molecule has 0 amide bonds. The molecule has 2 heterocycles. The second-order valence-corrected chi connectivity index (χ2v) is 6.24. The monoisotopic (exact) mass is 305 g/mol. The minimum atomic E-state index is -0.234. The standard InChI is InChI=1S/C15H16FN3OS/c1-9(2)17-6-5-14-18-19-15(20-14)13-7-10-3-4-11(16)8-12(10)21-13/h3-4,7-9,17H,5-6H2,1-2H3. The topological polar surface area (TPSA) is 51.0 Å². The molecule has 1 aromatic carbocycles. The van der Waals surface area contributed by atoms with Gasteiger partial charge < -0.3 is 9.73 Å². The second kappa shape index (κ2) is 5.91. The molecule has 0 saturated heterocycles. The Balaban J connectivity index is 1.78. The Morgan fingerprint density at radius 1 is 1.29 bits per heavy atom. The number of aromatic nitrogens is 2. The van der Waals surface area contributed by atoms with Crippen LogP contribution in [0.25, 0.3) is 20.9 Å². The first-order valence-corrected chi connectivity index (χ1v) is 7.69. The van der Waals surface area contributed by atoms with Crippen LogP contribution >= 0.6 is 11.3 Å². The van der Waals surface area contributed by atoms with Crippen LogP contribution in [-0.2, 0) is 6.42 Å². The number of hydrogen-bond donors (Lipinski definition) is 1. The molecule has 110 valence electrons. The van der Waals surface area contributed by atoms with Crippen molar-refractivity contribution in [1.29, 1.82) is 0 Å². The number of hydrogen-bond acceptors (Lipinski definition) is 5. The summed E-state index contributed by atoms with van der Waals surface area (Å²) in [6, 6.07) is 7.12. The van der Waals surface area contributed by atoms with Crippen molar-refractivity contribution < 1.29 is 8.81 Å². The first-order chi connectivity index (χ1) is 10.1. The molecule has 1 N–H and O–H groups in total. The van der Waals surface area contributed by atoms with Crippen molar-refractivity contribution in [1.82, 2.24) is 15.5 Å². The van der Waals surface area contributed by atoms with Gasteiger partial charge in [-0.05, 0) is 23.6 Å². The minimum Gasteiger partial charge on any atom is -0.420 e. The van der Waals surface area contributed by atoms with Crippen molar-refractivity contribution in [3.63, 3.8) is 0 Å². The number of thiophene rings is 1. The lowest BCUT2D eigenvalue weighted by molar-refractivity contribution is 0.485. The molecule has 0 fully saturated rings. The summed E-state index contributed by atoms with van der Waals surface area (Å²) in [6.45, 7) is 4.99. The number of benzene rings is 1. The van der Waals surface area contributed by atoms with Gasteiger partial charge in [-0.1, -0.05) is 19.9 Å². The van der Waals surface area contributed by atoms with Gasteiger partial charge in [-0.2, -0.15) is 0 Å². The fraction of sp³-hybridized carbons (Fsp3) is 0.333. The van der Waals surface area contributed by atoms with Crippen molar-refractivity contribution in [2.24, 2.45) is 0 Å². The van der Waals surface area contributed by atoms with Crippen molar-refractivity contribution in [2.45, 2.75) is 26.3 Å². The maximum atomic E-state index is 13.2. The Morgan fingerprint density at radius 3 is 2.95 bits per heavy atom. The predicted octanol–water partition coefficient (Wildman–Crippen LogP) is 3.63. The number of fused-ring (bicyclic) bond motifs is 1. The number of nitrogens with one attached hydrogen (secondary N) is 1. The van der Waals surface area contributed by atoms with Gasteiger partial charge in [-0.3, -0.25) is 0 Å². The average molecular weight is 305 g/mol. The van der Waals surface area contributed by atoms with Crippen LogP contribution in [0.4, 0.5) is 4.39 Å². The van der Waals surface area contributed by atoms with E-state index in [-0.39, 0.29) is 5.82 Å². The van der Waals surface area contributed by atoms with Crippen LogP contribution < -0.4 is 5.32 Å². The van der Waals surface area contributed by atoms with E-state index < -0.39 is 0 Å². The summed E-state index contributed by atoms with van der Waals surface area (Å²) in [5.74, 6) is 0.875. The lowest BCUT2D eigenvalue weighted by atomic mass is 10.2. The van der Waals surface area contributed by atoms with E-state index in [0.717, 1.165) is 21.5 Å². The van der Waals surface area contributed by atoms with Crippen LogP contribution in [0.5, 0.6) is 0 Å². The van der Waals surface area contributed by atoms with Crippen molar-refractivity contribution in [2.75, 3.05) is 6.54 Å². The normalized spacial score (nSPS) is 11.6. The van der Waals surface area contributed by atoms with Crippen molar-refractivity contribution in [3.05, 3.63) is 36.0 Å². The Kier molecular flexibility index (Phi) is 3.98. The van der Waals surface area contributed by atoms with Gasteiger partial charge in [0.1, 0.15) is 5.82 Å². The Morgan fingerprint density at radius 2 is 2.14 bits per heavy atom.